The van der Waals surface area contributed by atoms with Crippen molar-refractivity contribution in [3.05, 3.63) is 113 Å². The van der Waals surface area contributed by atoms with Gasteiger partial charge in [-0.3, -0.25) is 14.5 Å². The number of thiazole rings is 1. The van der Waals surface area contributed by atoms with E-state index >= 15 is 0 Å². The summed E-state index contributed by atoms with van der Waals surface area (Å²) in [6.07, 6.45) is 3.84. The number of nitrogens with zero attached hydrogens (tertiary/aromatic N) is 2. The number of anilines is 3. The lowest BCUT2D eigenvalue weighted by Crippen LogP contribution is -2.22. The predicted octanol–water partition coefficient (Wildman–Crippen LogP) is 6.07. The Morgan fingerprint density at radius 3 is 2.33 bits per heavy atom. The van der Waals surface area contributed by atoms with Crippen LogP contribution in [0.3, 0.4) is 0 Å². The second kappa shape index (κ2) is 10.5. The standard InChI is InChI=1S/C27H23N3O2S/c1-20(31)30(24-13-6-3-7-14-24)27-28-23(19-33-27)16-17-26(32)29-25-15-9-8-12-22(25)18-21-10-4-2-5-11-21/h2-17,19H,18H2,1H3,(H,29,32)/b17-16+. The van der Waals surface area contributed by atoms with Crippen molar-refractivity contribution in [2.75, 3.05) is 10.2 Å². The van der Waals surface area contributed by atoms with Crippen molar-refractivity contribution in [1.29, 1.82) is 0 Å². The third-order valence-corrected chi connectivity index (χ3v) is 5.79. The van der Waals surface area contributed by atoms with Gasteiger partial charge in [-0.25, -0.2) is 4.98 Å². The van der Waals surface area contributed by atoms with Crippen molar-refractivity contribution >= 4 is 45.7 Å². The first-order valence-electron chi connectivity index (χ1n) is 10.5. The Bertz CT molecular complexity index is 1270. The van der Waals surface area contributed by atoms with E-state index < -0.39 is 0 Å². The zero-order valence-corrected chi connectivity index (χ0v) is 19.0. The Labute approximate surface area is 197 Å². The van der Waals surface area contributed by atoms with E-state index in [0.29, 0.717) is 10.8 Å². The van der Waals surface area contributed by atoms with E-state index in [0.717, 1.165) is 23.4 Å². The number of hydrogen-bond donors (Lipinski definition) is 1. The van der Waals surface area contributed by atoms with Gasteiger partial charge in [0.15, 0.2) is 5.13 Å². The summed E-state index contributed by atoms with van der Waals surface area (Å²) in [5.41, 5.74) is 4.37. The maximum atomic E-state index is 12.6. The topological polar surface area (TPSA) is 62.3 Å². The fourth-order valence-corrected chi connectivity index (χ4v) is 4.26. The van der Waals surface area contributed by atoms with Crippen LogP contribution in [0.4, 0.5) is 16.5 Å². The largest absolute Gasteiger partial charge is 0.322 e. The molecule has 0 saturated carbocycles. The van der Waals surface area contributed by atoms with Crippen LogP contribution in [-0.4, -0.2) is 16.8 Å². The lowest BCUT2D eigenvalue weighted by atomic mass is 10.0. The van der Waals surface area contributed by atoms with Crippen molar-refractivity contribution in [2.45, 2.75) is 13.3 Å². The van der Waals surface area contributed by atoms with E-state index in [2.05, 4.69) is 22.4 Å². The van der Waals surface area contributed by atoms with E-state index in [9.17, 15) is 9.59 Å². The molecule has 1 aromatic heterocycles. The number of carbonyl (C=O) groups excluding carboxylic acids is 2. The van der Waals surface area contributed by atoms with Crippen molar-refractivity contribution in [3.63, 3.8) is 0 Å². The number of benzene rings is 3. The van der Waals surface area contributed by atoms with E-state index in [1.54, 1.807) is 11.0 Å². The van der Waals surface area contributed by atoms with Gasteiger partial charge in [-0.2, -0.15) is 0 Å². The molecule has 2 amide bonds. The predicted molar refractivity (Wildman–Crippen MR) is 135 cm³/mol. The lowest BCUT2D eigenvalue weighted by molar-refractivity contribution is -0.116. The lowest BCUT2D eigenvalue weighted by Gasteiger charge is -2.17. The summed E-state index contributed by atoms with van der Waals surface area (Å²) < 4.78 is 0. The van der Waals surface area contributed by atoms with Crippen molar-refractivity contribution in [1.82, 2.24) is 4.98 Å². The Morgan fingerprint density at radius 1 is 0.939 bits per heavy atom. The highest BCUT2D eigenvalue weighted by Crippen LogP contribution is 2.29. The molecule has 1 heterocycles. The fraction of sp³-hybridized carbons (Fsp3) is 0.0741. The molecule has 1 N–H and O–H groups in total. The summed E-state index contributed by atoms with van der Waals surface area (Å²) >= 11 is 1.35. The van der Waals surface area contributed by atoms with Gasteiger partial charge in [-0.15, -0.1) is 11.3 Å². The van der Waals surface area contributed by atoms with E-state index in [1.807, 2.05) is 78.2 Å². The van der Waals surface area contributed by atoms with Gasteiger partial charge in [0.05, 0.1) is 11.4 Å². The molecule has 5 nitrogen and oxygen atoms in total. The third-order valence-electron chi connectivity index (χ3n) is 4.95. The number of aromatic nitrogens is 1. The number of nitrogens with one attached hydrogen (secondary N) is 1. The summed E-state index contributed by atoms with van der Waals surface area (Å²) in [6, 6.07) is 27.3. The van der Waals surface area contributed by atoms with Crippen molar-refractivity contribution < 1.29 is 9.59 Å². The van der Waals surface area contributed by atoms with Crippen LogP contribution in [0.5, 0.6) is 0 Å². The summed E-state index contributed by atoms with van der Waals surface area (Å²) in [5, 5.41) is 5.34. The molecule has 0 saturated heterocycles. The van der Waals surface area contributed by atoms with Gasteiger partial charge in [-0.1, -0.05) is 66.7 Å². The van der Waals surface area contributed by atoms with Gasteiger partial charge < -0.3 is 5.32 Å². The average Bonchev–Trinajstić information content (AvgIpc) is 3.29. The normalized spacial score (nSPS) is 10.8. The Kier molecular flexibility index (Phi) is 7.07. The van der Waals surface area contributed by atoms with Crippen LogP contribution in [0, 0.1) is 0 Å². The van der Waals surface area contributed by atoms with Gasteiger partial charge in [-0.05, 0) is 41.8 Å². The molecular weight excluding hydrogens is 430 g/mol. The average molecular weight is 454 g/mol. The van der Waals surface area contributed by atoms with Crippen LogP contribution in [0.2, 0.25) is 0 Å². The molecule has 0 unspecified atom stereocenters. The van der Waals surface area contributed by atoms with Gasteiger partial charge in [0.1, 0.15) is 0 Å². The van der Waals surface area contributed by atoms with E-state index in [1.165, 1.54) is 29.9 Å². The van der Waals surface area contributed by atoms with Crippen LogP contribution >= 0.6 is 11.3 Å². The first kappa shape index (κ1) is 22.2. The van der Waals surface area contributed by atoms with Gasteiger partial charge >= 0.3 is 0 Å². The molecule has 0 aliphatic carbocycles. The van der Waals surface area contributed by atoms with Crippen LogP contribution in [0.25, 0.3) is 6.08 Å². The molecule has 4 aromatic rings. The molecule has 0 aliphatic rings. The number of amides is 2. The molecule has 0 fully saturated rings. The minimum Gasteiger partial charge on any atom is -0.322 e. The maximum absolute atomic E-state index is 12.6. The summed E-state index contributed by atoms with van der Waals surface area (Å²) in [6.45, 7) is 1.50. The van der Waals surface area contributed by atoms with Gasteiger partial charge in [0.2, 0.25) is 11.8 Å². The number of hydrogen-bond acceptors (Lipinski definition) is 4. The highest BCUT2D eigenvalue weighted by atomic mass is 32.1. The van der Waals surface area contributed by atoms with Crippen LogP contribution in [0.15, 0.2) is 96.4 Å². The molecular formula is C27H23N3O2S. The Hall–Kier alpha value is -4.03. The highest BCUT2D eigenvalue weighted by Gasteiger charge is 2.17. The number of carbonyl (C=O) groups is 2. The minimum absolute atomic E-state index is 0.126. The number of rotatable bonds is 7. The molecule has 0 spiro atoms. The van der Waals surface area contributed by atoms with E-state index in [-0.39, 0.29) is 11.8 Å². The Morgan fingerprint density at radius 2 is 1.61 bits per heavy atom. The van der Waals surface area contributed by atoms with Crippen LogP contribution in [0.1, 0.15) is 23.7 Å². The second-order valence-electron chi connectivity index (χ2n) is 7.39. The molecule has 0 radical (unpaired) electrons. The monoisotopic (exact) mass is 453 g/mol. The second-order valence-corrected chi connectivity index (χ2v) is 8.22. The number of para-hydroxylation sites is 2. The zero-order valence-electron chi connectivity index (χ0n) is 18.1. The fourth-order valence-electron chi connectivity index (χ4n) is 3.41. The quantitative estimate of drug-likeness (QED) is 0.346. The molecule has 3 aromatic carbocycles. The minimum atomic E-state index is -0.239. The molecule has 4 rings (SSSR count). The molecule has 33 heavy (non-hydrogen) atoms. The van der Waals surface area contributed by atoms with Crippen molar-refractivity contribution in [3.8, 4) is 0 Å². The Balaban J connectivity index is 1.45. The van der Waals surface area contributed by atoms with Crippen LogP contribution < -0.4 is 10.2 Å². The molecule has 0 aliphatic heterocycles. The third kappa shape index (κ3) is 5.81. The van der Waals surface area contributed by atoms with E-state index in [4.69, 9.17) is 0 Å². The SMILES string of the molecule is CC(=O)N(c1ccccc1)c1nc(/C=C/C(=O)Nc2ccccc2Cc2ccccc2)cs1. The van der Waals surface area contributed by atoms with Gasteiger partial charge in [0.25, 0.3) is 0 Å². The smallest absolute Gasteiger partial charge is 0.248 e. The van der Waals surface area contributed by atoms with Crippen LogP contribution in [-0.2, 0) is 16.0 Å². The molecule has 164 valence electrons. The first-order chi connectivity index (χ1) is 16.1. The summed E-state index contributed by atoms with van der Waals surface area (Å²) in [5.74, 6) is -0.365. The maximum Gasteiger partial charge on any atom is 0.248 e. The highest BCUT2D eigenvalue weighted by molar-refractivity contribution is 7.14. The molecule has 6 heteroatoms. The molecule has 0 bridgehead atoms. The van der Waals surface area contributed by atoms with Crippen molar-refractivity contribution in [2.24, 2.45) is 0 Å². The molecule has 0 atom stereocenters. The summed E-state index contributed by atoms with van der Waals surface area (Å²) in [7, 11) is 0. The van der Waals surface area contributed by atoms with Gasteiger partial charge in [0, 0.05) is 24.1 Å². The summed E-state index contributed by atoms with van der Waals surface area (Å²) in [4.78, 5) is 30.8. The first-order valence-corrected chi connectivity index (χ1v) is 11.4. The zero-order chi connectivity index (χ0) is 23.0.